The van der Waals surface area contributed by atoms with E-state index in [2.05, 4.69) is 13.8 Å². The lowest BCUT2D eigenvalue weighted by atomic mass is 10.3. The average molecular weight is 118 g/mol. The number of hydrogen-bond acceptors (Lipinski definition) is 1. The predicted molar refractivity (Wildman–Crippen MR) is 35.6 cm³/mol. The van der Waals surface area contributed by atoms with Crippen LogP contribution in [-0.2, 0) is 4.74 Å². The summed E-state index contributed by atoms with van der Waals surface area (Å²) in [7, 11) is 1.17. The number of hydrogen-bond donors (Lipinski definition) is 0. The van der Waals surface area contributed by atoms with E-state index in [0.29, 0.717) is 6.10 Å². The molecule has 0 saturated carbocycles. The van der Waals surface area contributed by atoms with Crippen molar-refractivity contribution in [2.45, 2.75) is 26.4 Å². The Kier molecular flexibility index (Phi) is 4.45. The fraction of sp³-hybridized carbons (Fsp3) is 1.00. The van der Waals surface area contributed by atoms with Gasteiger partial charge in [0, 0.05) is 16.5 Å². The maximum Gasteiger partial charge on any atom is 0.0539 e. The third kappa shape index (κ3) is 4.02. The molecule has 0 N–H and O–H groups in total. The quantitative estimate of drug-likeness (QED) is 0.478. The molecule has 2 heteroatoms. The van der Waals surface area contributed by atoms with Gasteiger partial charge in [0.1, 0.15) is 0 Å². The van der Waals surface area contributed by atoms with Crippen LogP contribution in [0.5, 0.6) is 0 Å². The van der Waals surface area contributed by atoms with Gasteiger partial charge in [0.2, 0.25) is 0 Å². The second-order valence-electron chi connectivity index (χ2n) is 1.67. The molecule has 0 aromatic heterocycles. The Morgan fingerprint density at radius 2 is 2.29 bits per heavy atom. The van der Waals surface area contributed by atoms with E-state index in [-0.39, 0.29) is 0 Å². The van der Waals surface area contributed by atoms with Crippen molar-refractivity contribution in [3.05, 3.63) is 0 Å². The molecule has 0 spiro atoms. The summed E-state index contributed by atoms with van der Waals surface area (Å²) < 4.78 is 5.25. The third-order valence-corrected chi connectivity index (χ3v) is 1.36. The monoisotopic (exact) mass is 118 g/mol. The van der Waals surface area contributed by atoms with Gasteiger partial charge < -0.3 is 4.74 Å². The molecule has 0 fully saturated rings. The number of rotatable bonds is 3. The molecule has 1 atom stereocenters. The van der Waals surface area contributed by atoms with Gasteiger partial charge in [-0.2, -0.15) is 0 Å². The Hall–Kier alpha value is 0.177. The van der Waals surface area contributed by atoms with Crippen molar-refractivity contribution < 1.29 is 4.74 Å². The van der Waals surface area contributed by atoms with Gasteiger partial charge in [-0.1, -0.05) is 6.92 Å². The maximum absolute atomic E-state index is 5.25. The summed E-state index contributed by atoms with van der Waals surface area (Å²) in [6.07, 6.45) is 2.61. The van der Waals surface area contributed by atoms with Gasteiger partial charge in [-0.3, -0.25) is 0 Å². The van der Waals surface area contributed by atoms with Crippen LogP contribution in [0.1, 0.15) is 20.3 Å². The van der Waals surface area contributed by atoms with Crippen molar-refractivity contribution >= 4 is 10.2 Å². The fourth-order valence-corrected chi connectivity index (χ4v) is 0.971. The van der Waals surface area contributed by atoms with E-state index in [9.17, 15) is 0 Å². The van der Waals surface area contributed by atoms with E-state index in [0.717, 1.165) is 12.7 Å². The standard InChI is InChI=1S/C5H14OSi/c1-3-5(2)6-4-7/h5H,3-4H2,1-2,7H3. The highest BCUT2D eigenvalue weighted by molar-refractivity contribution is 6.08. The van der Waals surface area contributed by atoms with Crippen LogP contribution < -0.4 is 0 Å². The van der Waals surface area contributed by atoms with Crippen LogP contribution in [0.4, 0.5) is 0 Å². The Bertz CT molecular complexity index is 39.1. The van der Waals surface area contributed by atoms with Gasteiger partial charge in [-0.05, 0) is 13.3 Å². The highest BCUT2D eigenvalue weighted by Crippen LogP contribution is 1.92. The van der Waals surface area contributed by atoms with Crippen molar-refractivity contribution in [3.63, 3.8) is 0 Å². The molecule has 0 aliphatic heterocycles. The predicted octanol–water partition coefficient (Wildman–Crippen LogP) is 0.124. The van der Waals surface area contributed by atoms with Gasteiger partial charge in [0.15, 0.2) is 0 Å². The molecule has 1 nitrogen and oxygen atoms in total. The summed E-state index contributed by atoms with van der Waals surface area (Å²) in [6, 6.07) is 0. The van der Waals surface area contributed by atoms with E-state index in [4.69, 9.17) is 4.74 Å². The van der Waals surface area contributed by atoms with Crippen molar-refractivity contribution in [2.75, 3.05) is 6.23 Å². The van der Waals surface area contributed by atoms with Gasteiger partial charge in [-0.15, -0.1) is 0 Å². The molecular formula is C5H14OSi. The molecule has 0 radical (unpaired) electrons. The highest BCUT2D eigenvalue weighted by Gasteiger charge is 1.91. The van der Waals surface area contributed by atoms with Crippen LogP contribution in [0.25, 0.3) is 0 Å². The lowest BCUT2D eigenvalue weighted by molar-refractivity contribution is 0.0989. The van der Waals surface area contributed by atoms with Crippen molar-refractivity contribution in [1.82, 2.24) is 0 Å². The van der Waals surface area contributed by atoms with E-state index >= 15 is 0 Å². The molecule has 0 bridgehead atoms. The second kappa shape index (κ2) is 4.34. The molecule has 1 unspecified atom stereocenters. The zero-order chi connectivity index (χ0) is 5.70. The van der Waals surface area contributed by atoms with Crippen LogP contribution in [0, 0.1) is 0 Å². The average Bonchev–Trinajstić information content (AvgIpc) is 1.68. The van der Waals surface area contributed by atoms with Gasteiger partial charge in [0.05, 0.1) is 6.10 Å². The summed E-state index contributed by atoms with van der Waals surface area (Å²) in [4.78, 5) is 0. The van der Waals surface area contributed by atoms with Crippen LogP contribution in [-0.4, -0.2) is 22.6 Å². The van der Waals surface area contributed by atoms with Gasteiger partial charge in [0.25, 0.3) is 0 Å². The minimum absolute atomic E-state index is 0.484. The van der Waals surface area contributed by atoms with Crippen LogP contribution in [0.15, 0.2) is 0 Å². The summed E-state index contributed by atoms with van der Waals surface area (Å²) in [6.45, 7) is 4.25. The van der Waals surface area contributed by atoms with Gasteiger partial charge in [-0.25, -0.2) is 0 Å². The molecule has 7 heavy (non-hydrogen) atoms. The number of ether oxygens (including phenoxy) is 1. The maximum atomic E-state index is 5.25. The van der Waals surface area contributed by atoms with E-state index < -0.39 is 0 Å². The molecule has 0 aromatic rings. The molecular weight excluding hydrogens is 104 g/mol. The third-order valence-electron chi connectivity index (χ3n) is 1.03. The van der Waals surface area contributed by atoms with E-state index in [1.54, 1.807) is 0 Å². The first-order chi connectivity index (χ1) is 3.31. The highest BCUT2D eigenvalue weighted by atomic mass is 28.1. The SMILES string of the molecule is CCC(C)OC[SiH3]. The summed E-state index contributed by atoms with van der Waals surface area (Å²) in [5.41, 5.74) is 0. The Balaban J connectivity index is 2.83. The minimum atomic E-state index is 0.484. The molecule has 0 heterocycles. The van der Waals surface area contributed by atoms with Crippen LogP contribution in [0.2, 0.25) is 0 Å². The zero-order valence-electron chi connectivity index (χ0n) is 5.40. The Morgan fingerprint density at radius 3 is 2.43 bits per heavy atom. The van der Waals surface area contributed by atoms with Crippen LogP contribution in [0.3, 0.4) is 0 Å². The van der Waals surface area contributed by atoms with Crippen LogP contribution >= 0.6 is 0 Å². The van der Waals surface area contributed by atoms with Crippen molar-refractivity contribution in [1.29, 1.82) is 0 Å². The van der Waals surface area contributed by atoms with Crippen molar-refractivity contribution in [3.8, 4) is 0 Å². The summed E-state index contributed by atoms with van der Waals surface area (Å²) in [5, 5.41) is 0. The topological polar surface area (TPSA) is 9.23 Å². The first kappa shape index (κ1) is 7.18. The molecule has 44 valence electrons. The second-order valence-corrected chi connectivity index (χ2v) is 2.25. The summed E-state index contributed by atoms with van der Waals surface area (Å²) >= 11 is 0. The lowest BCUT2D eigenvalue weighted by Crippen LogP contribution is -2.06. The van der Waals surface area contributed by atoms with E-state index in [1.165, 1.54) is 10.2 Å². The smallest absolute Gasteiger partial charge is 0.0539 e. The zero-order valence-corrected chi connectivity index (χ0v) is 7.40. The molecule has 0 aliphatic carbocycles. The first-order valence-electron chi connectivity index (χ1n) is 2.92. The minimum Gasteiger partial charge on any atom is -0.383 e. The molecule has 0 rings (SSSR count). The van der Waals surface area contributed by atoms with E-state index in [1.807, 2.05) is 0 Å². The van der Waals surface area contributed by atoms with Crippen molar-refractivity contribution in [2.24, 2.45) is 0 Å². The lowest BCUT2D eigenvalue weighted by Gasteiger charge is -2.05. The fourth-order valence-electron chi connectivity index (χ4n) is 0.402. The van der Waals surface area contributed by atoms with Gasteiger partial charge >= 0.3 is 0 Å². The molecule has 0 aliphatic rings. The normalized spacial score (nSPS) is 14.6. The molecule has 0 saturated heterocycles. The Morgan fingerprint density at radius 1 is 1.71 bits per heavy atom. The molecule has 0 aromatic carbocycles. The molecule has 0 amide bonds. The largest absolute Gasteiger partial charge is 0.383 e. The summed E-state index contributed by atoms with van der Waals surface area (Å²) in [5.74, 6) is 0. The first-order valence-corrected chi connectivity index (χ1v) is 4.34. The Labute approximate surface area is 48.5 Å².